The lowest BCUT2D eigenvalue weighted by atomic mass is 10.2. The molecule has 0 aromatic carbocycles. The van der Waals surface area contributed by atoms with Gasteiger partial charge < -0.3 is 4.74 Å². The summed E-state index contributed by atoms with van der Waals surface area (Å²) in [7, 11) is 0. The molecular formula is C9H12ClNO. The molecule has 1 heterocycles. The quantitative estimate of drug-likeness (QED) is 0.676. The molecule has 3 heteroatoms. The van der Waals surface area contributed by atoms with Gasteiger partial charge in [0.15, 0.2) is 0 Å². The van der Waals surface area contributed by atoms with Crippen LogP contribution in [0.3, 0.4) is 0 Å². The first-order valence-electron chi connectivity index (χ1n) is 3.94. The first kappa shape index (κ1) is 9.33. The summed E-state index contributed by atoms with van der Waals surface area (Å²) in [5.41, 5.74) is 0. The van der Waals surface area contributed by atoms with Gasteiger partial charge in [-0.2, -0.15) is 0 Å². The number of halogens is 1. The standard InChI is InChI=1S/C9H12ClNO/c1-7(2)6-12-9-5-3-4-8(10)11-9/h3-5,7H,6H2,1-2H3. The van der Waals surface area contributed by atoms with Gasteiger partial charge in [0.25, 0.3) is 0 Å². The molecular weight excluding hydrogens is 174 g/mol. The van der Waals surface area contributed by atoms with E-state index in [0.717, 1.165) is 0 Å². The zero-order valence-electron chi connectivity index (χ0n) is 7.25. The number of nitrogens with zero attached hydrogens (tertiary/aromatic N) is 1. The maximum Gasteiger partial charge on any atom is 0.214 e. The van der Waals surface area contributed by atoms with Gasteiger partial charge in [-0.1, -0.05) is 31.5 Å². The molecule has 0 saturated carbocycles. The summed E-state index contributed by atoms with van der Waals surface area (Å²) in [5.74, 6) is 1.10. The summed E-state index contributed by atoms with van der Waals surface area (Å²) in [6, 6.07) is 5.35. The second kappa shape index (κ2) is 4.31. The van der Waals surface area contributed by atoms with Crippen molar-refractivity contribution in [2.45, 2.75) is 13.8 Å². The number of pyridine rings is 1. The van der Waals surface area contributed by atoms with E-state index in [1.807, 2.05) is 6.07 Å². The van der Waals surface area contributed by atoms with E-state index in [0.29, 0.717) is 23.6 Å². The van der Waals surface area contributed by atoms with Crippen LogP contribution in [0.5, 0.6) is 5.88 Å². The monoisotopic (exact) mass is 185 g/mol. The van der Waals surface area contributed by atoms with Crippen LogP contribution in [-0.4, -0.2) is 11.6 Å². The molecule has 2 nitrogen and oxygen atoms in total. The van der Waals surface area contributed by atoms with E-state index in [1.54, 1.807) is 12.1 Å². The molecule has 0 unspecified atom stereocenters. The summed E-state index contributed by atoms with van der Waals surface area (Å²) in [4.78, 5) is 3.99. The van der Waals surface area contributed by atoms with Gasteiger partial charge in [-0.25, -0.2) is 4.98 Å². The summed E-state index contributed by atoms with van der Waals surface area (Å²) in [6.07, 6.45) is 0. The zero-order chi connectivity index (χ0) is 8.97. The van der Waals surface area contributed by atoms with Gasteiger partial charge in [-0.15, -0.1) is 0 Å². The highest BCUT2D eigenvalue weighted by atomic mass is 35.5. The zero-order valence-corrected chi connectivity index (χ0v) is 8.01. The lowest BCUT2D eigenvalue weighted by Gasteiger charge is -2.06. The van der Waals surface area contributed by atoms with E-state index >= 15 is 0 Å². The van der Waals surface area contributed by atoms with Crippen molar-refractivity contribution in [1.82, 2.24) is 4.98 Å². The highest BCUT2D eigenvalue weighted by Gasteiger charge is 1.97. The number of hydrogen-bond acceptors (Lipinski definition) is 2. The fraction of sp³-hybridized carbons (Fsp3) is 0.444. The van der Waals surface area contributed by atoms with Crippen LogP contribution in [0, 0.1) is 5.92 Å². The van der Waals surface area contributed by atoms with Crippen molar-refractivity contribution in [2.24, 2.45) is 5.92 Å². The van der Waals surface area contributed by atoms with Gasteiger partial charge in [0.2, 0.25) is 5.88 Å². The van der Waals surface area contributed by atoms with E-state index in [2.05, 4.69) is 18.8 Å². The number of hydrogen-bond donors (Lipinski definition) is 0. The Morgan fingerprint density at radius 1 is 1.50 bits per heavy atom. The van der Waals surface area contributed by atoms with Gasteiger partial charge in [0, 0.05) is 6.07 Å². The van der Waals surface area contributed by atoms with Crippen LogP contribution >= 0.6 is 11.6 Å². The predicted molar refractivity (Wildman–Crippen MR) is 49.6 cm³/mol. The van der Waals surface area contributed by atoms with E-state index in [1.165, 1.54) is 0 Å². The van der Waals surface area contributed by atoms with Crippen molar-refractivity contribution in [3.8, 4) is 5.88 Å². The van der Waals surface area contributed by atoms with Gasteiger partial charge in [-0.3, -0.25) is 0 Å². The minimum absolute atomic E-state index is 0.469. The van der Waals surface area contributed by atoms with Crippen LogP contribution in [-0.2, 0) is 0 Å². The third kappa shape index (κ3) is 3.09. The Hall–Kier alpha value is -0.760. The first-order chi connectivity index (χ1) is 5.68. The molecule has 0 bridgehead atoms. The summed E-state index contributed by atoms with van der Waals surface area (Å²) < 4.78 is 5.35. The molecule has 0 aliphatic carbocycles. The second-order valence-corrected chi connectivity index (χ2v) is 3.39. The fourth-order valence-electron chi connectivity index (χ4n) is 0.722. The average Bonchev–Trinajstić information content (AvgIpc) is 2.01. The van der Waals surface area contributed by atoms with E-state index in [9.17, 15) is 0 Å². The molecule has 0 atom stereocenters. The minimum Gasteiger partial charge on any atom is -0.477 e. The van der Waals surface area contributed by atoms with Gasteiger partial charge in [0.05, 0.1) is 6.61 Å². The molecule has 1 aromatic rings. The third-order valence-corrected chi connectivity index (χ3v) is 1.46. The first-order valence-corrected chi connectivity index (χ1v) is 4.31. The average molecular weight is 186 g/mol. The van der Waals surface area contributed by atoms with Crippen molar-refractivity contribution < 1.29 is 4.74 Å². The van der Waals surface area contributed by atoms with Gasteiger partial charge in [-0.05, 0) is 12.0 Å². The van der Waals surface area contributed by atoms with Crippen LogP contribution in [0.4, 0.5) is 0 Å². The number of rotatable bonds is 3. The molecule has 0 spiro atoms. The van der Waals surface area contributed by atoms with E-state index in [4.69, 9.17) is 16.3 Å². The molecule has 66 valence electrons. The highest BCUT2D eigenvalue weighted by Crippen LogP contribution is 2.11. The lowest BCUT2D eigenvalue weighted by Crippen LogP contribution is -2.05. The second-order valence-electron chi connectivity index (χ2n) is 3.00. The molecule has 0 amide bonds. The topological polar surface area (TPSA) is 22.1 Å². The fourth-order valence-corrected chi connectivity index (χ4v) is 0.878. The molecule has 1 aromatic heterocycles. The van der Waals surface area contributed by atoms with Crippen LogP contribution in [0.15, 0.2) is 18.2 Å². The third-order valence-electron chi connectivity index (χ3n) is 1.25. The Balaban J connectivity index is 2.52. The van der Waals surface area contributed by atoms with Crippen molar-refractivity contribution >= 4 is 11.6 Å². The molecule has 12 heavy (non-hydrogen) atoms. The van der Waals surface area contributed by atoms with E-state index < -0.39 is 0 Å². The molecule has 0 fully saturated rings. The molecule has 0 N–H and O–H groups in total. The molecule has 0 aliphatic rings. The van der Waals surface area contributed by atoms with Crippen molar-refractivity contribution in [3.63, 3.8) is 0 Å². The smallest absolute Gasteiger partial charge is 0.214 e. The summed E-state index contributed by atoms with van der Waals surface area (Å²) in [6.45, 7) is 4.85. The molecule has 0 saturated heterocycles. The Bertz CT molecular complexity index is 250. The molecule has 1 rings (SSSR count). The highest BCUT2D eigenvalue weighted by molar-refractivity contribution is 6.29. The van der Waals surface area contributed by atoms with Crippen LogP contribution in [0.25, 0.3) is 0 Å². The SMILES string of the molecule is CC(C)COc1cccc(Cl)n1. The minimum atomic E-state index is 0.469. The Morgan fingerprint density at radius 2 is 2.25 bits per heavy atom. The maximum absolute atomic E-state index is 5.67. The Kier molecular flexibility index (Phi) is 3.35. The maximum atomic E-state index is 5.67. The van der Waals surface area contributed by atoms with Crippen molar-refractivity contribution in [1.29, 1.82) is 0 Å². The Morgan fingerprint density at radius 3 is 2.83 bits per heavy atom. The van der Waals surface area contributed by atoms with Gasteiger partial charge in [0.1, 0.15) is 5.15 Å². The Labute approximate surface area is 77.5 Å². The molecule has 0 radical (unpaired) electrons. The number of ether oxygens (including phenoxy) is 1. The number of aromatic nitrogens is 1. The predicted octanol–water partition coefficient (Wildman–Crippen LogP) is 2.77. The van der Waals surface area contributed by atoms with Crippen molar-refractivity contribution in [3.05, 3.63) is 23.4 Å². The summed E-state index contributed by atoms with van der Waals surface area (Å²) in [5, 5.41) is 0.469. The summed E-state index contributed by atoms with van der Waals surface area (Å²) >= 11 is 5.67. The van der Waals surface area contributed by atoms with Crippen LogP contribution in [0.1, 0.15) is 13.8 Å². The molecule has 0 aliphatic heterocycles. The van der Waals surface area contributed by atoms with Crippen molar-refractivity contribution in [2.75, 3.05) is 6.61 Å². The van der Waals surface area contributed by atoms with Crippen LogP contribution < -0.4 is 4.74 Å². The van der Waals surface area contributed by atoms with E-state index in [-0.39, 0.29) is 0 Å². The lowest BCUT2D eigenvalue weighted by molar-refractivity contribution is 0.261. The largest absolute Gasteiger partial charge is 0.477 e. The van der Waals surface area contributed by atoms with Gasteiger partial charge >= 0.3 is 0 Å². The normalized spacial score (nSPS) is 10.3. The van der Waals surface area contributed by atoms with Crippen LogP contribution in [0.2, 0.25) is 5.15 Å².